The van der Waals surface area contributed by atoms with Crippen LogP contribution in [-0.4, -0.2) is 33.5 Å². The quantitative estimate of drug-likeness (QED) is 0.648. The smallest absolute Gasteiger partial charge is 0.240 e. The number of hydrogen-bond donors (Lipinski definition) is 3. The maximum absolute atomic E-state index is 11.9. The van der Waals surface area contributed by atoms with Gasteiger partial charge in [-0.25, -0.2) is 13.1 Å². The van der Waals surface area contributed by atoms with Crippen molar-refractivity contribution in [3.63, 3.8) is 0 Å². The van der Waals surface area contributed by atoms with Crippen molar-refractivity contribution < 1.29 is 13.2 Å². The van der Waals surface area contributed by atoms with Crippen LogP contribution >= 0.6 is 11.6 Å². The van der Waals surface area contributed by atoms with E-state index in [9.17, 15) is 13.2 Å². The summed E-state index contributed by atoms with van der Waals surface area (Å²) in [5.41, 5.74) is 5.35. The average Bonchev–Trinajstić information content (AvgIpc) is 2.34. The van der Waals surface area contributed by atoms with E-state index in [2.05, 4.69) is 10.0 Å². The van der Waals surface area contributed by atoms with Gasteiger partial charge in [-0.3, -0.25) is 4.79 Å². The molecule has 106 valence electrons. The van der Waals surface area contributed by atoms with E-state index >= 15 is 0 Å². The number of hydrogen-bond acceptors (Lipinski definition) is 4. The minimum absolute atomic E-state index is 0.0767. The second kappa shape index (κ2) is 6.85. The molecular weight excluding hydrogens is 290 g/mol. The molecule has 19 heavy (non-hydrogen) atoms. The predicted molar refractivity (Wildman–Crippen MR) is 73.3 cm³/mol. The van der Waals surface area contributed by atoms with Crippen molar-refractivity contribution in [3.8, 4) is 0 Å². The van der Waals surface area contributed by atoms with Crippen molar-refractivity contribution >= 4 is 27.5 Å². The maximum atomic E-state index is 11.9. The van der Waals surface area contributed by atoms with Crippen LogP contribution in [0.3, 0.4) is 0 Å². The van der Waals surface area contributed by atoms with Gasteiger partial charge in [0.15, 0.2) is 0 Å². The van der Waals surface area contributed by atoms with Crippen LogP contribution in [0.15, 0.2) is 29.2 Å². The molecular formula is C11H16ClN3O3S. The zero-order chi connectivity index (χ0) is 14.5. The summed E-state index contributed by atoms with van der Waals surface area (Å²) in [6.07, 6.45) is 0. The fraction of sp³-hybridized carbons (Fsp3) is 0.364. The Kier molecular flexibility index (Phi) is 5.74. The third-order valence-corrected chi connectivity index (χ3v) is 3.93. The fourth-order valence-electron chi connectivity index (χ4n) is 1.25. The summed E-state index contributed by atoms with van der Waals surface area (Å²) in [5, 5.41) is 2.84. The molecule has 4 N–H and O–H groups in total. The Bertz CT molecular complexity index is 546. The summed E-state index contributed by atoms with van der Waals surface area (Å²) in [7, 11) is -3.62. The monoisotopic (exact) mass is 305 g/mol. The van der Waals surface area contributed by atoms with Gasteiger partial charge in [-0.15, -0.1) is 0 Å². The molecule has 0 bridgehead atoms. The molecule has 0 aliphatic heterocycles. The maximum Gasteiger partial charge on any atom is 0.240 e. The van der Waals surface area contributed by atoms with E-state index in [0.29, 0.717) is 5.02 Å². The number of halogens is 1. The summed E-state index contributed by atoms with van der Waals surface area (Å²) in [6.45, 7) is 1.79. The molecule has 0 spiro atoms. The standard InChI is InChI=1S/C11H16ClN3O3S/c1-8(13)11(16)14-5-6-15-19(17,18)10-4-2-3-9(12)7-10/h2-4,7-8,15H,5-6,13H2,1H3,(H,14,16)/t8-/m1/s1. The van der Waals surface area contributed by atoms with Gasteiger partial charge in [-0.05, 0) is 25.1 Å². The van der Waals surface area contributed by atoms with E-state index in [-0.39, 0.29) is 23.9 Å². The van der Waals surface area contributed by atoms with Gasteiger partial charge in [0.05, 0.1) is 10.9 Å². The highest BCUT2D eigenvalue weighted by Gasteiger charge is 2.13. The number of amides is 1. The number of benzene rings is 1. The topological polar surface area (TPSA) is 101 Å². The van der Waals surface area contributed by atoms with Gasteiger partial charge in [0.2, 0.25) is 15.9 Å². The Morgan fingerprint density at radius 2 is 2.11 bits per heavy atom. The van der Waals surface area contributed by atoms with Crippen LogP contribution in [0.4, 0.5) is 0 Å². The lowest BCUT2D eigenvalue weighted by Gasteiger charge is -2.09. The van der Waals surface area contributed by atoms with Crippen molar-refractivity contribution in [2.75, 3.05) is 13.1 Å². The van der Waals surface area contributed by atoms with Crippen LogP contribution in [0, 0.1) is 0 Å². The molecule has 1 rings (SSSR count). The third kappa shape index (κ3) is 5.15. The second-order valence-corrected chi connectivity index (χ2v) is 6.14. The van der Waals surface area contributed by atoms with E-state index in [4.69, 9.17) is 17.3 Å². The average molecular weight is 306 g/mol. The zero-order valence-electron chi connectivity index (χ0n) is 10.4. The molecule has 1 amide bonds. The molecule has 1 atom stereocenters. The first-order valence-electron chi connectivity index (χ1n) is 5.61. The number of nitrogens with one attached hydrogen (secondary N) is 2. The molecule has 6 nitrogen and oxygen atoms in total. The largest absolute Gasteiger partial charge is 0.353 e. The van der Waals surface area contributed by atoms with Crippen LogP contribution in [0.5, 0.6) is 0 Å². The summed E-state index contributed by atoms with van der Waals surface area (Å²) in [5.74, 6) is -0.332. The lowest BCUT2D eigenvalue weighted by atomic mass is 10.3. The fourth-order valence-corrected chi connectivity index (χ4v) is 2.58. The molecule has 8 heteroatoms. The van der Waals surface area contributed by atoms with Gasteiger partial charge < -0.3 is 11.1 Å². The molecule has 0 saturated heterocycles. The van der Waals surface area contributed by atoms with Crippen molar-refractivity contribution in [1.29, 1.82) is 0 Å². The van der Waals surface area contributed by atoms with Gasteiger partial charge in [0, 0.05) is 18.1 Å². The Hall–Kier alpha value is -1.15. The summed E-state index contributed by atoms with van der Waals surface area (Å²) >= 11 is 5.73. The Labute approximate surface area is 117 Å². The van der Waals surface area contributed by atoms with Crippen molar-refractivity contribution in [3.05, 3.63) is 29.3 Å². The summed E-state index contributed by atoms with van der Waals surface area (Å²) in [4.78, 5) is 11.2. The first-order valence-corrected chi connectivity index (χ1v) is 7.47. The van der Waals surface area contributed by atoms with Crippen LogP contribution < -0.4 is 15.8 Å². The van der Waals surface area contributed by atoms with E-state index in [1.807, 2.05) is 0 Å². The molecule has 0 fully saturated rings. The number of rotatable bonds is 6. The predicted octanol–water partition coefficient (Wildman–Crippen LogP) is 0.0817. The summed E-state index contributed by atoms with van der Waals surface area (Å²) < 4.78 is 26.1. The number of carbonyl (C=O) groups is 1. The van der Waals surface area contributed by atoms with E-state index in [0.717, 1.165) is 0 Å². The first kappa shape index (κ1) is 15.9. The molecule has 1 aromatic carbocycles. The number of sulfonamides is 1. The highest BCUT2D eigenvalue weighted by molar-refractivity contribution is 7.89. The van der Waals surface area contributed by atoms with Gasteiger partial charge in [0.25, 0.3) is 0 Å². The minimum Gasteiger partial charge on any atom is -0.353 e. The molecule has 0 radical (unpaired) electrons. The van der Waals surface area contributed by atoms with Crippen LogP contribution in [-0.2, 0) is 14.8 Å². The molecule has 0 unspecified atom stereocenters. The minimum atomic E-state index is -3.62. The Morgan fingerprint density at radius 1 is 1.42 bits per heavy atom. The van der Waals surface area contributed by atoms with E-state index in [1.54, 1.807) is 19.1 Å². The Morgan fingerprint density at radius 3 is 2.68 bits per heavy atom. The zero-order valence-corrected chi connectivity index (χ0v) is 12.0. The van der Waals surface area contributed by atoms with Gasteiger partial charge in [-0.1, -0.05) is 17.7 Å². The van der Waals surface area contributed by atoms with Crippen molar-refractivity contribution in [1.82, 2.24) is 10.0 Å². The number of carbonyl (C=O) groups excluding carboxylic acids is 1. The molecule has 1 aromatic rings. The van der Waals surface area contributed by atoms with Crippen LogP contribution in [0.25, 0.3) is 0 Å². The van der Waals surface area contributed by atoms with Gasteiger partial charge in [-0.2, -0.15) is 0 Å². The van der Waals surface area contributed by atoms with E-state index in [1.165, 1.54) is 12.1 Å². The second-order valence-electron chi connectivity index (χ2n) is 3.93. The van der Waals surface area contributed by atoms with Crippen molar-refractivity contribution in [2.45, 2.75) is 17.9 Å². The Balaban J connectivity index is 2.51. The molecule has 0 aliphatic rings. The van der Waals surface area contributed by atoms with E-state index < -0.39 is 16.1 Å². The highest BCUT2D eigenvalue weighted by atomic mass is 35.5. The highest BCUT2D eigenvalue weighted by Crippen LogP contribution is 2.14. The number of nitrogens with two attached hydrogens (primary N) is 1. The molecule has 0 heterocycles. The van der Waals surface area contributed by atoms with Crippen LogP contribution in [0.1, 0.15) is 6.92 Å². The van der Waals surface area contributed by atoms with Gasteiger partial charge in [0.1, 0.15) is 0 Å². The molecule has 0 aliphatic carbocycles. The third-order valence-electron chi connectivity index (χ3n) is 2.24. The lowest BCUT2D eigenvalue weighted by molar-refractivity contribution is -0.121. The molecule has 0 saturated carbocycles. The summed E-state index contributed by atoms with van der Waals surface area (Å²) in [6, 6.07) is 5.31. The van der Waals surface area contributed by atoms with Crippen LogP contribution in [0.2, 0.25) is 5.02 Å². The van der Waals surface area contributed by atoms with Crippen molar-refractivity contribution in [2.24, 2.45) is 5.73 Å². The first-order chi connectivity index (χ1) is 8.83. The van der Waals surface area contributed by atoms with Gasteiger partial charge >= 0.3 is 0 Å². The normalized spacial score (nSPS) is 13.0. The lowest BCUT2D eigenvalue weighted by Crippen LogP contribution is -2.41. The SMILES string of the molecule is C[C@@H](N)C(=O)NCCNS(=O)(=O)c1cccc(Cl)c1. The molecule has 0 aromatic heterocycles.